The number of amides is 4. The van der Waals surface area contributed by atoms with Crippen LogP contribution in [-0.2, 0) is 15.8 Å². The van der Waals surface area contributed by atoms with Crippen LogP contribution < -0.4 is 16.0 Å². The Morgan fingerprint density at radius 2 is 1.86 bits per heavy atom. The van der Waals surface area contributed by atoms with Gasteiger partial charge in [-0.15, -0.1) is 0 Å². The minimum atomic E-state index is -4.45. The van der Waals surface area contributed by atoms with Gasteiger partial charge in [0.1, 0.15) is 12.1 Å². The van der Waals surface area contributed by atoms with Crippen LogP contribution in [0.25, 0.3) is 0 Å². The predicted molar refractivity (Wildman–Crippen MR) is 94.3 cm³/mol. The largest absolute Gasteiger partial charge is 0.416 e. The Hall–Kier alpha value is -2.78. The first kappa shape index (κ1) is 20.0. The zero-order valence-corrected chi connectivity index (χ0v) is 15.3. The van der Waals surface area contributed by atoms with Gasteiger partial charge in [0.05, 0.1) is 11.6 Å². The van der Waals surface area contributed by atoms with Crippen molar-refractivity contribution >= 4 is 23.5 Å². The van der Waals surface area contributed by atoms with Gasteiger partial charge in [-0.3, -0.25) is 9.59 Å². The van der Waals surface area contributed by atoms with E-state index in [-0.39, 0.29) is 36.4 Å². The number of fused-ring (bicyclic) bond motifs is 1. The highest BCUT2D eigenvalue weighted by molar-refractivity contribution is 5.98. The quantitative estimate of drug-likeness (QED) is 0.727. The molecule has 0 radical (unpaired) electrons. The first-order valence-electron chi connectivity index (χ1n) is 8.92. The monoisotopic (exact) mass is 398 g/mol. The summed E-state index contributed by atoms with van der Waals surface area (Å²) in [5.41, 5.74) is -0.606. The number of hydrogen-bond donors (Lipinski definition) is 3. The van der Waals surface area contributed by atoms with Gasteiger partial charge >= 0.3 is 12.2 Å². The number of urea groups is 1. The summed E-state index contributed by atoms with van der Waals surface area (Å²) in [6.07, 6.45) is -4.17. The van der Waals surface area contributed by atoms with Gasteiger partial charge in [0.2, 0.25) is 11.8 Å². The lowest BCUT2D eigenvalue weighted by Crippen LogP contribution is -2.62. The summed E-state index contributed by atoms with van der Waals surface area (Å²) < 4.78 is 37.7. The van der Waals surface area contributed by atoms with Crippen LogP contribution in [0.1, 0.15) is 25.8 Å². The maximum atomic E-state index is 12.6. The average molecular weight is 398 g/mol. The van der Waals surface area contributed by atoms with Gasteiger partial charge in [-0.1, -0.05) is 13.8 Å². The highest BCUT2D eigenvalue weighted by Crippen LogP contribution is 2.30. The van der Waals surface area contributed by atoms with Crippen molar-refractivity contribution in [1.82, 2.24) is 15.5 Å². The fourth-order valence-electron chi connectivity index (χ4n) is 3.47. The smallest absolute Gasteiger partial charge is 0.342 e. The van der Waals surface area contributed by atoms with Crippen LogP contribution in [0.3, 0.4) is 0 Å². The number of nitrogens with one attached hydrogen (secondary N) is 3. The Kier molecular flexibility index (Phi) is 5.22. The van der Waals surface area contributed by atoms with Crippen molar-refractivity contribution in [3.05, 3.63) is 29.8 Å². The molecule has 0 unspecified atom stereocenters. The van der Waals surface area contributed by atoms with E-state index >= 15 is 0 Å². The molecule has 2 heterocycles. The third-order valence-corrected chi connectivity index (χ3v) is 4.92. The standard InChI is InChI=1S/C18H21F3N4O3/c1-9(2)14-16(27)25-8-12(7-13(25)15(26)24-14)23-17(28)22-11-5-3-10(4-6-11)18(19,20)21/h3-6,9,12-14H,7-8H2,1-2H3,(H,24,26)(H2,22,23,28)/t12-,13-,14+/m0/s1. The third-order valence-electron chi connectivity index (χ3n) is 4.92. The second-order valence-electron chi connectivity index (χ2n) is 7.34. The van der Waals surface area contributed by atoms with Crippen molar-refractivity contribution in [2.45, 2.75) is 44.6 Å². The zero-order chi connectivity index (χ0) is 20.6. The molecule has 2 fully saturated rings. The lowest BCUT2D eigenvalue weighted by Gasteiger charge is -2.36. The van der Waals surface area contributed by atoms with Gasteiger partial charge in [-0.2, -0.15) is 13.2 Å². The van der Waals surface area contributed by atoms with E-state index in [2.05, 4.69) is 16.0 Å². The number of benzene rings is 1. The molecule has 1 aromatic rings. The Balaban J connectivity index is 1.59. The fraction of sp³-hybridized carbons (Fsp3) is 0.500. The van der Waals surface area contributed by atoms with Gasteiger partial charge in [0.25, 0.3) is 0 Å². The molecule has 3 N–H and O–H groups in total. The van der Waals surface area contributed by atoms with E-state index in [9.17, 15) is 27.6 Å². The van der Waals surface area contributed by atoms with E-state index in [4.69, 9.17) is 0 Å². The second-order valence-corrected chi connectivity index (χ2v) is 7.34. The van der Waals surface area contributed by atoms with Crippen LogP contribution >= 0.6 is 0 Å². The minimum Gasteiger partial charge on any atom is -0.342 e. The van der Waals surface area contributed by atoms with Crippen LogP contribution in [0.2, 0.25) is 0 Å². The van der Waals surface area contributed by atoms with Crippen molar-refractivity contribution in [2.75, 3.05) is 11.9 Å². The summed E-state index contributed by atoms with van der Waals surface area (Å²) in [5.74, 6) is -0.467. The average Bonchev–Trinajstić information content (AvgIpc) is 3.02. The van der Waals surface area contributed by atoms with Gasteiger partial charge in [-0.05, 0) is 36.6 Å². The Morgan fingerprint density at radius 3 is 2.43 bits per heavy atom. The van der Waals surface area contributed by atoms with Crippen LogP contribution in [0.4, 0.5) is 23.7 Å². The normalized spacial score (nSPS) is 24.8. The first-order valence-corrected chi connectivity index (χ1v) is 8.92. The minimum absolute atomic E-state index is 0.0487. The molecule has 2 aliphatic heterocycles. The maximum absolute atomic E-state index is 12.6. The molecule has 28 heavy (non-hydrogen) atoms. The zero-order valence-electron chi connectivity index (χ0n) is 15.3. The van der Waals surface area contributed by atoms with E-state index in [0.29, 0.717) is 0 Å². The molecule has 2 saturated heterocycles. The van der Waals surface area contributed by atoms with E-state index in [1.807, 2.05) is 13.8 Å². The number of carbonyl (C=O) groups excluding carboxylic acids is 3. The number of carbonyl (C=O) groups is 3. The predicted octanol–water partition coefficient (Wildman–Crippen LogP) is 1.95. The molecule has 10 heteroatoms. The molecule has 3 rings (SSSR count). The Bertz CT molecular complexity index is 779. The van der Waals surface area contributed by atoms with E-state index in [0.717, 1.165) is 24.3 Å². The van der Waals surface area contributed by atoms with Crippen molar-refractivity contribution in [2.24, 2.45) is 5.92 Å². The van der Waals surface area contributed by atoms with Crippen molar-refractivity contribution < 1.29 is 27.6 Å². The molecular formula is C18H21F3N4O3. The summed E-state index contributed by atoms with van der Waals surface area (Å²) >= 11 is 0. The van der Waals surface area contributed by atoms with E-state index in [1.54, 1.807) is 0 Å². The van der Waals surface area contributed by atoms with Gasteiger partial charge in [0.15, 0.2) is 0 Å². The molecule has 0 aliphatic carbocycles. The molecule has 3 atom stereocenters. The van der Waals surface area contributed by atoms with Gasteiger partial charge < -0.3 is 20.9 Å². The number of rotatable bonds is 3. The topological polar surface area (TPSA) is 90.5 Å². The molecule has 4 amide bonds. The Morgan fingerprint density at radius 1 is 1.21 bits per heavy atom. The number of piperazine rings is 1. The van der Waals surface area contributed by atoms with Crippen LogP contribution in [0.15, 0.2) is 24.3 Å². The molecule has 7 nitrogen and oxygen atoms in total. The summed E-state index contributed by atoms with van der Waals surface area (Å²) in [6, 6.07) is 1.82. The number of alkyl halides is 3. The lowest BCUT2D eigenvalue weighted by atomic mass is 9.98. The van der Waals surface area contributed by atoms with Crippen molar-refractivity contribution in [3.8, 4) is 0 Å². The lowest BCUT2D eigenvalue weighted by molar-refractivity contribution is -0.148. The molecule has 0 aromatic heterocycles. The number of hydrogen-bond acceptors (Lipinski definition) is 3. The van der Waals surface area contributed by atoms with Gasteiger partial charge in [-0.25, -0.2) is 4.79 Å². The Labute approximate surface area is 159 Å². The summed E-state index contributed by atoms with van der Waals surface area (Å²) in [7, 11) is 0. The SMILES string of the molecule is CC(C)[C@H]1NC(=O)[C@@H]2C[C@H](NC(=O)Nc3ccc(C(F)(F)F)cc3)CN2C1=O. The molecule has 0 spiro atoms. The third kappa shape index (κ3) is 4.05. The van der Waals surface area contributed by atoms with Crippen LogP contribution in [-0.4, -0.2) is 47.4 Å². The second kappa shape index (κ2) is 7.33. The summed E-state index contributed by atoms with van der Waals surface area (Å²) in [4.78, 5) is 38.4. The van der Waals surface area contributed by atoms with E-state index in [1.165, 1.54) is 4.90 Å². The molecular weight excluding hydrogens is 377 g/mol. The van der Waals surface area contributed by atoms with Gasteiger partial charge in [0, 0.05) is 12.2 Å². The van der Waals surface area contributed by atoms with Crippen molar-refractivity contribution in [3.63, 3.8) is 0 Å². The molecule has 1 aromatic carbocycles. The summed E-state index contributed by atoms with van der Waals surface area (Å²) in [5, 5.41) is 7.84. The highest BCUT2D eigenvalue weighted by Gasteiger charge is 2.47. The van der Waals surface area contributed by atoms with E-state index < -0.39 is 35.9 Å². The highest BCUT2D eigenvalue weighted by atomic mass is 19.4. The van der Waals surface area contributed by atoms with Crippen LogP contribution in [0, 0.1) is 5.92 Å². The molecule has 2 aliphatic rings. The number of nitrogens with zero attached hydrogens (tertiary/aromatic N) is 1. The molecule has 152 valence electrons. The first-order chi connectivity index (χ1) is 13.1. The summed E-state index contributed by atoms with van der Waals surface area (Å²) in [6.45, 7) is 3.89. The van der Waals surface area contributed by atoms with Crippen molar-refractivity contribution in [1.29, 1.82) is 0 Å². The number of anilines is 1. The van der Waals surface area contributed by atoms with Crippen LogP contribution in [0.5, 0.6) is 0 Å². The molecule has 0 bridgehead atoms. The molecule has 0 saturated carbocycles. The fourth-order valence-corrected chi connectivity index (χ4v) is 3.47. The maximum Gasteiger partial charge on any atom is 0.416 e. The number of halogens is 3.